The monoisotopic (exact) mass is 461 g/mol. The molecule has 1 aromatic carbocycles. The topological polar surface area (TPSA) is 109 Å². The van der Waals surface area contributed by atoms with Crippen molar-refractivity contribution in [1.82, 2.24) is 9.97 Å². The summed E-state index contributed by atoms with van der Waals surface area (Å²) in [6.07, 6.45) is 8.45. The minimum absolute atomic E-state index is 0.0729. The Hall–Kier alpha value is -2.47. The smallest absolute Gasteiger partial charge is 0.226 e. The van der Waals surface area contributed by atoms with E-state index in [1.807, 2.05) is 0 Å². The molecule has 9 heteroatoms. The Kier molecular flexibility index (Phi) is 7.65. The Morgan fingerprint density at radius 1 is 1.29 bits per heavy atom. The number of nitrogens with one attached hydrogen (secondary N) is 1. The van der Waals surface area contributed by atoms with Gasteiger partial charge in [-0.05, 0) is 48.3 Å². The molecule has 2 aromatic rings. The van der Waals surface area contributed by atoms with Crippen LogP contribution in [-0.4, -0.2) is 42.3 Å². The molecule has 164 valence electrons. The zero-order valence-corrected chi connectivity index (χ0v) is 18.7. The number of nitrogens with zero attached hydrogens (tertiary/aromatic N) is 2. The number of anilines is 1. The number of benzene rings is 1. The maximum atomic E-state index is 12.8. The molecule has 1 amide bonds. The van der Waals surface area contributed by atoms with Crippen LogP contribution in [0.2, 0.25) is 5.02 Å². The molecule has 3 rings (SSSR count). The van der Waals surface area contributed by atoms with E-state index in [-0.39, 0.29) is 34.8 Å². The average Bonchev–Trinajstić information content (AvgIpc) is 3.25. The summed E-state index contributed by atoms with van der Waals surface area (Å²) in [4.78, 5) is 21.1. The normalized spacial score (nSPS) is 15.2. The van der Waals surface area contributed by atoms with Gasteiger partial charge in [0, 0.05) is 12.7 Å². The Morgan fingerprint density at radius 3 is 2.61 bits per heavy atom. The number of aliphatic hydroxyl groups excluding tert-OH is 1. The summed E-state index contributed by atoms with van der Waals surface area (Å²) in [6, 6.07) is 4.94. The van der Waals surface area contributed by atoms with Gasteiger partial charge in [0.05, 0.1) is 22.3 Å². The van der Waals surface area contributed by atoms with Gasteiger partial charge >= 0.3 is 0 Å². The second-order valence-corrected chi connectivity index (χ2v) is 10.0. The molecular weight excluding hydrogens is 438 g/mol. The molecular formula is C22H24ClN3O4S. The highest BCUT2D eigenvalue weighted by atomic mass is 35.5. The maximum Gasteiger partial charge on any atom is 0.226 e. The van der Waals surface area contributed by atoms with Crippen LogP contribution in [0.5, 0.6) is 0 Å². The third-order valence-corrected chi connectivity index (χ3v) is 6.95. The van der Waals surface area contributed by atoms with Crippen molar-refractivity contribution in [3.63, 3.8) is 0 Å². The van der Waals surface area contributed by atoms with Crippen LogP contribution in [-0.2, 0) is 14.6 Å². The predicted octanol–water partition coefficient (Wildman–Crippen LogP) is 3.18. The highest BCUT2D eigenvalue weighted by molar-refractivity contribution is 7.90. The first-order chi connectivity index (χ1) is 14.8. The Morgan fingerprint density at radius 2 is 2.03 bits per heavy atom. The summed E-state index contributed by atoms with van der Waals surface area (Å²) < 4.78 is 23.7. The molecule has 0 spiro atoms. The van der Waals surface area contributed by atoms with E-state index in [0.717, 1.165) is 37.5 Å². The van der Waals surface area contributed by atoms with E-state index in [1.54, 1.807) is 12.1 Å². The van der Waals surface area contributed by atoms with Crippen molar-refractivity contribution in [1.29, 1.82) is 0 Å². The van der Waals surface area contributed by atoms with Crippen LogP contribution in [0.25, 0.3) is 0 Å². The number of halogens is 1. The summed E-state index contributed by atoms with van der Waals surface area (Å²) in [5.41, 5.74) is 1.26. The summed E-state index contributed by atoms with van der Waals surface area (Å²) >= 11 is 6.26. The number of carbonyl (C=O) groups excluding carboxylic acids is 1. The molecule has 0 aliphatic heterocycles. The van der Waals surface area contributed by atoms with Crippen LogP contribution in [0, 0.1) is 17.8 Å². The fraction of sp³-hybridized carbons (Fsp3) is 0.409. The van der Waals surface area contributed by atoms with Crippen LogP contribution in [0.4, 0.5) is 5.82 Å². The number of amides is 1. The van der Waals surface area contributed by atoms with E-state index in [4.69, 9.17) is 16.7 Å². The molecule has 1 aromatic heterocycles. The number of carbonyl (C=O) groups is 1. The van der Waals surface area contributed by atoms with Gasteiger partial charge in [0.2, 0.25) is 5.91 Å². The van der Waals surface area contributed by atoms with Crippen molar-refractivity contribution in [3.8, 4) is 11.8 Å². The summed E-state index contributed by atoms with van der Waals surface area (Å²) in [5.74, 6) is 5.49. The largest absolute Gasteiger partial charge is 0.384 e. The van der Waals surface area contributed by atoms with Crippen molar-refractivity contribution in [3.05, 3.63) is 46.9 Å². The lowest BCUT2D eigenvalue weighted by molar-refractivity contribution is -0.116. The third kappa shape index (κ3) is 6.26. The molecule has 0 bridgehead atoms. The highest BCUT2D eigenvalue weighted by Gasteiger charge is 2.29. The van der Waals surface area contributed by atoms with E-state index in [1.165, 1.54) is 18.5 Å². The lowest BCUT2D eigenvalue weighted by atomic mass is 9.82. The fourth-order valence-corrected chi connectivity index (χ4v) is 5.28. The molecule has 1 saturated carbocycles. The molecule has 1 aliphatic rings. The Labute approximate surface area is 187 Å². The standard InChI is InChI=1S/C22H24ClN3O4S/c1-31(29,30)20-9-8-16(11-19(20)23)18(15-5-2-3-6-15)12-22(28)26-21-14-24-17(13-25-21)7-4-10-27/h8-9,11,13-15,18,27H,2-3,5-6,10,12H2,1H3,(H,25,26,28). The molecule has 0 radical (unpaired) electrons. The molecule has 2 N–H and O–H groups in total. The number of hydrogen-bond acceptors (Lipinski definition) is 6. The maximum absolute atomic E-state index is 12.8. The number of aliphatic hydroxyl groups is 1. The first kappa shape index (κ1) is 23.2. The van der Waals surface area contributed by atoms with Crippen molar-refractivity contribution in [2.24, 2.45) is 5.92 Å². The van der Waals surface area contributed by atoms with Gasteiger partial charge in [0.1, 0.15) is 12.3 Å². The van der Waals surface area contributed by atoms with Crippen LogP contribution in [0.1, 0.15) is 49.3 Å². The molecule has 1 fully saturated rings. The summed E-state index contributed by atoms with van der Waals surface area (Å²) in [6.45, 7) is -0.266. The fourth-order valence-electron chi connectivity index (χ4n) is 3.95. The van der Waals surface area contributed by atoms with Gasteiger partial charge in [-0.2, -0.15) is 0 Å². The van der Waals surface area contributed by atoms with Gasteiger partial charge in [0.25, 0.3) is 0 Å². The molecule has 0 saturated heterocycles. The van der Waals surface area contributed by atoms with E-state index in [2.05, 4.69) is 27.1 Å². The number of hydrogen-bond donors (Lipinski definition) is 2. The van der Waals surface area contributed by atoms with Gasteiger partial charge in [-0.25, -0.2) is 18.4 Å². The first-order valence-corrected chi connectivity index (χ1v) is 12.3. The van der Waals surface area contributed by atoms with Gasteiger partial charge in [-0.1, -0.05) is 36.4 Å². The van der Waals surface area contributed by atoms with Crippen LogP contribution < -0.4 is 5.32 Å². The van der Waals surface area contributed by atoms with Gasteiger partial charge in [-0.3, -0.25) is 4.79 Å². The molecule has 7 nitrogen and oxygen atoms in total. The Bertz CT molecular complexity index is 1100. The second-order valence-electron chi connectivity index (χ2n) is 7.61. The van der Waals surface area contributed by atoms with E-state index in [9.17, 15) is 13.2 Å². The minimum atomic E-state index is -3.42. The number of aromatic nitrogens is 2. The predicted molar refractivity (Wildman–Crippen MR) is 119 cm³/mol. The zero-order valence-electron chi connectivity index (χ0n) is 17.1. The van der Waals surface area contributed by atoms with Gasteiger partial charge in [0.15, 0.2) is 15.7 Å². The van der Waals surface area contributed by atoms with Gasteiger partial charge < -0.3 is 10.4 Å². The number of rotatable bonds is 6. The lowest BCUT2D eigenvalue weighted by Gasteiger charge is -2.24. The van der Waals surface area contributed by atoms with Crippen molar-refractivity contribution >= 4 is 33.2 Å². The quantitative estimate of drug-likeness (QED) is 0.639. The number of sulfone groups is 1. The molecule has 1 heterocycles. The van der Waals surface area contributed by atoms with Crippen LogP contribution >= 0.6 is 11.6 Å². The van der Waals surface area contributed by atoms with Crippen LogP contribution in [0.15, 0.2) is 35.5 Å². The summed E-state index contributed by atoms with van der Waals surface area (Å²) in [5, 5.41) is 11.7. The SMILES string of the molecule is CS(=O)(=O)c1ccc(C(CC(=O)Nc2cnc(C#CCO)cn2)C2CCCC2)cc1Cl. The van der Waals surface area contributed by atoms with E-state index < -0.39 is 9.84 Å². The van der Waals surface area contributed by atoms with E-state index in [0.29, 0.717) is 17.4 Å². The van der Waals surface area contributed by atoms with Crippen molar-refractivity contribution in [2.45, 2.75) is 42.9 Å². The second kappa shape index (κ2) is 10.2. The molecule has 1 unspecified atom stereocenters. The zero-order chi connectivity index (χ0) is 22.4. The van der Waals surface area contributed by atoms with Crippen molar-refractivity contribution < 1.29 is 18.3 Å². The molecule has 1 aliphatic carbocycles. The molecule has 1 atom stereocenters. The van der Waals surface area contributed by atoms with Crippen molar-refractivity contribution in [2.75, 3.05) is 18.2 Å². The molecule has 31 heavy (non-hydrogen) atoms. The highest BCUT2D eigenvalue weighted by Crippen LogP contribution is 2.40. The lowest BCUT2D eigenvalue weighted by Crippen LogP contribution is -2.20. The Balaban J connectivity index is 1.77. The minimum Gasteiger partial charge on any atom is -0.384 e. The third-order valence-electron chi connectivity index (χ3n) is 5.37. The summed E-state index contributed by atoms with van der Waals surface area (Å²) in [7, 11) is -3.42. The van der Waals surface area contributed by atoms with Gasteiger partial charge in [-0.15, -0.1) is 0 Å². The average molecular weight is 462 g/mol. The van der Waals surface area contributed by atoms with Crippen LogP contribution in [0.3, 0.4) is 0 Å². The van der Waals surface area contributed by atoms with E-state index >= 15 is 0 Å². The first-order valence-electron chi connectivity index (χ1n) is 9.99.